The van der Waals surface area contributed by atoms with Crippen LogP contribution in [0.15, 0.2) is 10.5 Å². The van der Waals surface area contributed by atoms with Crippen molar-refractivity contribution in [3.63, 3.8) is 0 Å². The Balaban J connectivity index is 1.93. The topological polar surface area (TPSA) is 34.4 Å². The maximum Gasteiger partial charge on any atom is 0.105 e. The first-order chi connectivity index (χ1) is 8.58. The Labute approximate surface area is 110 Å². The second kappa shape index (κ2) is 5.89. The van der Waals surface area contributed by atoms with Crippen LogP contribution in [-0.4, -0.2) is 19.3 Å². The van der Waals surface area contributed by atoms with E-state index >= 15 is 0 Å². The third-order valence-electron chi connectivity index (χ3n) is 4.03. The molecule has 0 spiro atoms. The molecule has 1 aliphatic rings. The molecule has 0 bridgehead atoms. The molecule has 102 valence electrons. The SMILES string of the molecule is Cc1cc(C(C)NC(C)C2CCOCC2)c(C)o1. The van der Waals surface area contributed by atoms with Crippen molar-refractivity contribution in [2.24, 2.45) is 5.92 Å². The van der Waals surface area contributed by atoms with Crippen LogP contribution in [-0.2, 0) is 4.74 Å². The summed E-state index contributed by atoms with van der Waals surface area (Å²) in [6, 6.07) is 3.02. The lowest BCUT2D eigenvalue weighted by atomic mass is 9.92. The molecule has 1 saturated heterocycles. The molecule has 0 saturated carbocycles. The molecule has 2 unspecified atom stereocenters. The van der Waals surface area contributed by atoms with E-state index in [9.17, 15) is 0 Å². The molecule has 0 aliphatic carbocycles. The summed E-state index contributed by atoms with van der Waals surface area (Å²) in [5, 5.41) is 3.70. The van der Waals surface area contributed by atoms with Crippen LogP contribution in [0.25, 0.3) is 0 Å². The number of hydrogen-bond acceptors (Lipinski definition) is 3. The number of rotatable bonds is 4. The fraction of sp³-hybridized carbons (Fsp3) is 0.733. The van der Waals surface area contributed by atoms with Crippen molar-refractivity contribution in [2.45, 2.75) is 52.6 Å². The molecule has 1 aromatic rings. The van der Waals surface area contributed by atoms with E-state index < -0.39 is 0 Å². The van der Waals surface area contributed by atoms with E-state index in [4.69, 9.17) is 9.15 Å². The fourth-order valence-corrected chi connectivity index (χ4v) is 2.92. The Kier molecular flexibility index (Phi) is 4.46. The normalized spacial score (nSPS) is 20.9. The summed E-state index contributed by atoms with van der Waals surface area (Å²) in [7, 11) is 0. The van der Waals surface area contributed by atoms with E-state index in [-0.39, 0.29) is 0 Å². The average molecular weight is 251 g/mol. The van der Waals surface area contributed by atoms with Gasteiger partial charge >= 0.3 is 0 Å². The van der Waals surface area contributed by atoms with Crippen LogP contribution in [0.1, 0.15) is 49.8 Å². The molecule has 1 aromatic heterocycles. The minimum absolute atomic E-state index is 0.347. The van der Waals surface area contributed by atoms with Crippen molar-refractivity contribution < 1.29 is 9.15 Å². The standard InChI is InChI=1S/C15H25NO2/c1-10-9-15(13(4)18-10)12(3)16-11(2)14-5-7-17-8-6-14/h9,11-12,14,16H,5-8H2,1-4H3. The van der Waals surface area contributed by atoms with E-state index in [0.717, 1.165) is 30.7 Å². The molecule has 1 N–H and O–H groups in total. The van der Waals surface area contributed by atoms with Crippen LogP contribution >= 0.6 is 0 Å². The number of nitrogens with one attached hydrogen (secondary N) is 1. The van der Waals surface area contributed by atoms with Gasteiger partial charge in [-0.1, -0.05) is 0 Å². The summed E-state index contributed by atoms with van der Waals surface area (Å²) in [4.78, 5) is 0. The number of hydrogen-bond donors (Lipinski definition) is 1. The van der Waals surface area contributed by atoms with E-state index in [1.807, 2.05) is 13.8 Å². The van der Waals surface area contributed by atoms with Gasteiger partial charge in [0.1, 0.15) is 11.5 Å². The van der Waals surface area contributed by atoms with Gasteiger partial charge in [0.15, 0.2) is 0 Å². The molecule has 3 heteroatoms. The van der Waals surface area contributed by atoms with Crippen molar-refractivity contribution >= 4 is 0 Å². The molecule has 0 radical (unpaired) electrons. The first-order valence-electron chi connectivity index (χ1n) is 6.98. The molecule has 1 fully saturated rings. The van der Waals surface area contributed by atoms with Gasteiger partial charge in [0.05, 0.1) is 0 Å². The van der Waals surface area contributed by atoms with Crippen molar-refractivity contribution in [1.82, 2.24) is 5.32 Å². The Hall–Kier alpha value is -0.800. The number of furan rings is 1. The molecule has 2 atom stereocenters. The first kappa shape index (κ1) is 13.6. The predicted molar refractivity (Wildman–Crippen MR) is 72.7 cm³/mol. The molecular formula is C15H25NO2. The highest BCUT2D eigenvalue weighted by Gasteiger charge is 2.23. The van der Waals surface area contributed by atoms with Crippen molar-refractivity contribution in [3.05, 3.63) is 23.2 Å². The van der Waals surface area contributed by atoms with E-state index in [1.165, 1.54) is 18.4 Å². The summed E-state index contributed by atoms with van der Waals surface area (Å²) in [5.41, 5.74) is 1.28. The monoisotopic (exact) mass is 251 g/mol. The van der Waals surface area contributed by atoms with Crippen LogP contribution in [0.4, 0.5) is 0 Å². The van der Waals surface area contributed by atoms with Gasteiger partial charge in [0, 0.05) is 30.9 Å². The summed E-state index contributed by atoms with van der Waals surface area (Å²) in [6.45, 7) is 10.4. The van der Waals surface area contributed by atoms with Crippen molar-refractivity contribution in [3.8, 4) is 0 Å². The first-order valence-corrected chi connectivity index (χ1v) is 6.98. The lowest BCUT2D eigenvalue weighted by molar-refractivity contribution is 0.0546. The molecule has 0 amide bonds. The molecular weight excluding hydrogens is 226 g/mol. The minimum atomic E-state index is 0.347. The maximum atomic E-state index is 5.60. The quantitative estimate of drug-likeness (QED) is 0.891. The van der Waals surface area contributed by atoms with Crippen LogP contribution in [0.5, 0.6) is 0 Å². The van der Waals surface area contributed by atoms with Gasteiger partial charge < -0.3 is 14.5 Å². The Bertz CT molecular complexity index is 380. The van der Waals surface area contributed by atoms with Gasteiger partial charge in [-0.15, -0.1) is 0 Å². The summed E-state index contributed by atoms with van der Waals surface area (Å²) >= 11 is 0. The number of aryl methyl sites for hydroxylation is 2. The Morgan fingerprint density at radius 3 is 2.44 bits per heavy atom. The van der Waals surface area contributed by atoms with Gasteiger partial charge in [0.2, 0.25) is 0 Å². The highest BCUT2D eigenvalue weighted by molar-refractivity contribution is 5.23. The summed E-state index contributed by atoms with van der Waals surface area (Å²) in [6.07, 6.45) is 2.34. The Morgan fingerprint density at radius 1 is 1.22 bits per heavy atom. The van der Waals surface area contributed by atoms with Gasteiger partial charge in [0.25, 0.3) is 0 Å². The third kappa shape index (κ3) is 3.15. The van der Waals surface area contributed by atoms with Gasteiger partial charge in [-0.25, -0.2) is 0 Å². The molecule has 1 aliphatic heterocycles. The van der Waals surface area contributed by atoms with Crippen LogP contribution < -0.4 is 5.32 Å². The predicted octanol–water partition coefficient (Wildman–Crippen LogP) is 3.36. The maximum absolute atomic E-state index is 5.60. The van der Waals surface area contributed by atoms with Crippen LogP contribution in [0.3, 0.4) is 0 Å². The zero-order valence-corrected chi connectivity index (χ0v) is 12.0. The Morgan fingerprint density at radius 2 is 1.89 bits per heavy atom. The van der Waals surface area contributed by atoms with E-state index in [2.05, 4.69) is 25.2 Å². The zero-order chi connectivity index (χ0) is 13.1. The zero-order valence-electron chi connectivity index (χ0n) is 12.0. The van der Waals surface area contributed by atoms with Crippen LogP contribution in [0, 0.1) is 19.8 Å². The lowest BCUT2D eigenvalue weighted by Gasteiger charge is -2.30. The lowest BCUT2D eigenvalue weighted by Crippen LogP contribution is -2.38. The van der Waals surface area contributed by atoms with Crippen LogP contribution in [0.2, 0.25) is 0 Å². The smallest absolute Gasteiger partial charge is 0.105 e. The van der Waals surface area contributed by atoms with Gasteiger partial charge in [-0.3, -0.25) is 0 Å². The fourth-order valence-electron chi connectivity index (χ4n) is 2.92. The van der Waals surface area contributed by atoms with Crippen molar-refractivity contribution in [1.29, 1.82) is 0 Å². The summed E-state index contributed by atoms with van der Waals surface area (Å²) < 4.78 is 11.0. The second-order valence-corrected chi connectivity index (χ2v) is 5.50. The highest BCUT2D eigenvalue weighted by atomic mass is 16.5. The van der Waals surface area contributed by atoms with Crippen molar-refractivity contribution in [2.75, 3.05) is 13.2 Å². The molecule has 3 nitrogen and oxygen atoms in total. The molecule has 18 heavy (non-hydrogen) atoms. The van der Waals surface area contributed by atoms with E-state index in [1.54, 1.807) is 0 Å². The molecule has 2 rings (SSSR count). The largest absolute Gasteiger partial charge is 0.466 e. The van der Waals surface area contributed by atoms with Gasteiger partial charge in [-0.2, -0.15) is 0 Å². The van der Waals surface area contributed by atoms with Gasteiger partial charge in [-0.05, 0) is 52.5 Å². The highest BCUT2D eigenvalue weighted by Crippen LogP contribution is 2.24. The average Bonchev–Trinajstić information content (AvgIpc) is 2.69. The minimum Gasteiger partial charge on any atom is -0.466 e. The van der Waals surface area contributed by atoms with E-state index in [0.29, 0.717) is 12.1 Å². The number of ether oxygens (including phenoxy) is 1. The second-order valence-electron chi connectivity index (χ2n) is 5.50. The third-order valence-corrected chi connectivity index (χ3v) is 4.03. The molecule has 0 aromatic carbocycles. The summed E-state index contributed by atoms with van der Waals surface area (Å²) in [5.74, 6) is 2.76. The molecule has 2 heterocycles.